The molecule has 0 saturated heterocycles. The van der Waals surface area contributed by atoms with Gasteiger partial charge in [-0.2, -0.15) is 0 Å². The lowest BCUT2D eigenvalue weighted by molar-refractivity contribution is 0.0427. The van der Waals surface area contributed by atoms with E-state index in [0.29, 0.717) is 5.56 Å². The first-order valence-corrected chi connectivity index (χ1v) is 6.79. The standard InChI is InChI=1S/C18H20O2/c1-13-8-4-6-10-15(13)17(19)12-18(3,20)16-11-7-5-9-14(16)2/h4-11,20H,12H2,1-3H3. The molecule has 0 aliphatic rings. The minimum atomic E-state index is -1.15. The third-order valence-electron chi connectivity index (χ3n) is 3.68. The zero-order valence-corrected chi connectivity index (χ0v) is 12.2. The second-order valence-electron chi connectivity index (χ2n) is 5.50. The maximum absolute atomic E-state index is 12.4. The number of benzene rings is 2. The van der Waals surface area contributed by atoms with E-state index in [-0.39, 0.29) is 12.2 Å². The summed E-state index contributed by atoms with van der Waals surface area (Å²) in [5, 5.41) is 10.7. The van der Waals surface area contributed by atoms with Crippen molar-refractivity contribution in [2.45, 2.75) is 32.8 Å². The van der Waals surface area contributed by atoms with Gasteiger partial charge in [-0.3, -0.25) is 4.79 Å². The lowest BCUT2D eigenvalue weighted by Crippen LogP contribution is -2.26. The molecular weight excluding hydrogens is 248 g/mol. The zero-order chi connectivity index (χ0) is 14.8. The van der Waals surface area contributed by atoms with E-state index < -0.39 is 5.60 Å². The third kappa shape index (κ3) is 2.97. The first-order chi connectivity index (χ1) is 9.42. The topological polar surface area (TPSA) is 37.3 Å². The second-order valence-corrected chi connectivity index (χ2v) is 5.50. The summed E-state index contributed by atoms with van der Waals surface area (Å²) in [6, 6.07) is 15.1. The fraction of sp³-hybridized carbons (Fsp3) is 0.278. The molecule has 0 spiro atoms. The predicted octanol–water partition coefficient (Wildman–Crippen LogP) is 3.78. The van der Waals surface area contributed by atoms with Crippen LogP contribution in [-0.2, 0) is 5.60 Å². The molecule has 2 aromatic carbocycles. The van der Waals surface area contributed by atoms with E-state index in [1.54, 1.807) is 6.92 Å². The molecule has 0 heterocycles. The van der Waals surface area contributed by atoms with E-state index >= 15 is 0 Å². The molecule has 0 amide bonds. The summed E-state index contributed by atoms with van der Waals surface area (Å²) in [6.07, 6.45) is 0.0860. The highest BCUT2D eigenvalue weighted by atomic mass is 16.3. The Balaban J connectivity index is 2.27. The molecule has 0 radical (unpaired) electrons. The highest BCUT2D eigenvalue weighted by Crippen LogP contribution is 2.29. The van der Waals surface area contributed by atoms with Crippen LogP contribution in [0.1, 0.15) is 40.4 Å². The van der Waals surface area contributed by atoms with Gasteiger partial charge in [-0.1, -0.05) is 48.5 Å². The van der Waals surface area contributed by atoms with Crippen LogP contribution < -0.4 is 0 Å². The van der Waals surface area contributed by atoms with Gasteiger partial charge in [-0.15, -0.1) is 0 Å². The number of rotatable bonds is 4. The normalized spacial score (nSPS) is 13.8. The smallest absolute Gasteiger partial charge is 0.166 e. The van der Waals surface area contributed by atoms with Crippen molar-refractivity contribution in [2.75, 3.05) is 0 Å². The summed E-state index contributed by atoms with van der Waals surface area (Å²) in [6.45, 7) is 5.56. The van der Waals surface area contributed by atoms with Crippen LogP contribution in [0.3, 0.4) is 0 Å². The van der Waals surface area contributed by atoms with Crippen LogP contribution in [0, 0.1) is 13.8 Å². The van der Waals surface area contributed by atoms with Crippen molar-refractivity contribution in [1.82, 2.24) is 0 Å². The SMILES string of the molecule is Cc1ccccc1C(=O)CC(C)(O)c1ccccc1C. The molecule has 1 unspecified atom stereocenters. The van der Waals surface area contributed by atoms with Crippen LogP contribution in [0.2, 0.25) is 0 Å². The Labute approximate surface area is 120 Å². The minimum Gasteiger partial charge on any atom is -0.385 e. The van der Waals surface area contributed by atoms with Gasteiger partial charge >= 0.3 is 0 Å². The molecule has 0 aliphatic heterocycles. The van der Waals surface area contributed by atoms with E-state index in [9.17, 15) is 9.90 Å². The van der Waals surface area contributed by atoms with Crippen molar-refractivity contribution in [3.8, 4) is 0 Å². The molecule has 2 nitrogen and oxygen atoms in total. The number of Topliss-reactive ketones (excluding diaryl/α,β-unsaturated/α-hetero) is 1. The highest BCUT2D eigenvalue weighted by Gasteiger charge is 2.28. The Bertz CT molecular complexity index is 627. The summed E-state index contributed by atoms with van der Waals surface area (Å²) in [5.41, 5.74) is 2.28. The fourth-order valence-corrected chi connectivity index (χ4v) is 2.57. The van der Waals surface area contributed by atoms with Crippen LogP contribution in [0.25, 0.3) is 0 Å². The number of ketones is 1. The average Bonchev–Trinajstić information content (AvgIpc) is 2.38. The Morgan fingerprint density at radius 1 is 1.00 bits per heavy atom. The lowest BCUT2D eigenvalue weighted by atomic mass is 9.85. The molecule has 0 aromatic heterocycles. The van der Waals surface area contributed by atoms with Gasteiger partial charge in [0, 0.05) is 12.0 Å². The van der Waals surface area contributed by atoms with Gasteiger partial charge in [0.15, 0.2) is 5.78 Å². The van der Waals surface area contributed by atoms with Gasteiger partial charge in [-0.25, -0.2) is 0 Å². The first kappa shape index (κ1) is 14.5. The van der Waals surface area contributed by atoms with Gasteiger partial charge in [0.25, 0.3) is 0 Å². The first-order valence-electron chi connectivity index (χ1n) is 6.79. The monoisotopic (exact) mass is 268 g/mol. The minimum absolute atomic E-state index is 0.0312. The Kier molecular flexibility index (Phi) is 4.05. The average molecular weight is 268 g/mol. The largest absolute Gasteiger partial charge is 0.385 e. The third-order valence-corrected chi connectivity index (χ3v) is 3.68. The van der Waals surface area contributed by atoms with Crippen molar-refractivity contribution in [2.24, 2.45) is 0 Å². The van der Waals surface area contributed by atoms with Gasteiger partial charge in [0.05, 0.1) is 5.60 Å². The Hall–Kier alpha value is -1.93. The molecule has 1 atom stereocenters. The van der Waals surface area contributed by atoms with Crippen molar-refractivity contribution in [1.29, 1.82) is 0 Å². The van der Waals surface area contributed by atoms with E-state index in [2.05, 4.69) is 0 Å². The van der Waals surface area contributed by atoms with Crippen LogP contribution in [0.5, 0.6) is 0 Å². The molecular formula is C18H20O2. The van der Waals surface area contributed by atoms with Crippen LogP contribution in [-0.4, -0.2) is 10.9 Å². The Morgan fingerprint density at radius 3 is 2.15 bits per heavy atom. The van der Waals surface area contributed by atoms with Crippen LogP contribution >= 0.6 is 0 Å². The van der Waals surface area contributed by atoms with E-state index in [4.69, 9.17) is 0 Å². The van der Waals surface area contributed by atoms with Gasteiger partial charge < -0.3 is 5.11 Å². The second kappa shape index (κ2) is 5.59. The Morgan fingerprint density at radius 2 is 1.55 bits per heavy atom. The molecule has 0 bridgehead atoms. The van der Waals surface area contributed by atoms with Crippen molar-refractivity contribution in [3.05, 3.63) is 70.8 Å². The molecule has 0 saturated carbocycles. The molecule has 2 rings (SSSR count). The number of aliphatic hydroxyl groups is 1. The molecule has 0 fully saturated rings. The zero-order valence-electron chi connectivity index (χ0n) is 12.2. The molecule has 104 valence electrons. The quantitative estimate of drug-likeness (QED) is 0.857. The van der Waals surface area contributed by atoms with Crippen LogP contribution in [0.15, 0.2) is 48.5 Å². The van der Waals surface area contributed by atoms with Gasteiger partial charge in [0.1, 0.15) is 0 Å². The molecule has 0 aliphatic carbocycles. The number of hydrogen-bond acceptors (Lipinski definition) is 2. The van der Waals surface area contributed by atoms with Crippen molar-refractivity contribution in [3.63, 3.8) is 0 Å². The molecule has 2 heteroatoms. The molecule has 20 heavy (non-hydrogen) atoms. The molecule has 2 aromatic rings. The number of hydrogen-bond donors (Lipinski definition) is 1. The van der Waals surface area contributed by atoms with Crippen LogP contribution in [0.4, 0.5) is 0 Å². The number of aryl methyl sites for hydroxylation is 2. The predicted molar refractivity (Wildman–Crippen MR) is 80.9 cm³/mol. The fourth-order valence-electron chi connectivity index (χ4n) is 2.57. The lowest BCUT2D eigenvalue weighted by Gasteiger charge is -2.25. The maximum atomic E-state index is 12.4. The summed E-state index contributed by atoms with van der Waals surface area (Å²) < 4.78 is 0. The van der Waals surface area contributed by atoms with Crippen molar-refractivity contribution < 1.29 is 9.90 Å². The van der Waals surface area contributed by atoms with E-state index in [1.807, 2.05) is 62.4 Å². The van der Waals surface area contributed by atoms with E-state index in [0.717, 1.165) is 16.7 Å². The summed E-state index contributed by atoms with van der Waals surface area (Å²) in [7, 11) is 0. The van der Waals surface area contributed by atoms with Gasteiger partial charge in [-0.05, 0) is 37.5 Å². The molecule has 1 N–H and O–H groups in total. The highest BCUT2D eigenvalue weighted by molar-refractivity contribution is 5.98. The van der Waals surface area contributed by atoms with Gasteiger partial charge in [0.2, 0.25) is 0 Å². The summed E-state index contributed by atoms with van der Waals surface area (Å²) >= 11 is 0. The maximum Gasteiger partial charge on any atom is 0.166 e. The number of carbonyl (C=O) groups is 1. The summed E-state index contributed by atoms with van der Waals surface area (Å²) in [5.74, 6) is -0.0312. The number of carbonyl (C=O) groups excluding carboxylic acids is 1. The van der Waals surface area contributed by atoms with E-state index in [1.165, 1.54) is 0 Å². The van der Waals surface area contributed by atoms with Crippen molar-refractivity contribution >= 4 is 5.78 Å². The summed E-state index contributed by atoms with van der Waals surface area (Å²) in [4.78, 5) is 12.4.